The first-order chi connectivity index (χ1) is 10.0. The van der Waals surface area contributed by atoms with Crippen LogP contribution in [0.2, 0.25) is 0 Å². The molecule has 0 saturated heterocycles. The maximum atomic E-state index is 13.7. The highest BCUT2D eigenvalue weighted by atomic mass is 19.1. The quantitative estimate of drug-likeness (QED) is 0.286. The van der Waals surface area contributed by atoms with Crippen LogP contribution in [0.3, 0.4) is 0 Å². The Morgan fingerprint density at radius 2 is 2.24 bits per heavy atom. The highest BCUT2D eigenvalue weighted by Crippen LogP contribution is 2.27. The molecule has 0 radical (unpaired) electrons. The van der Waals surface area contributed by atoms with Crippen LogP contribution in [0.25, 0.3) is 0 Å². The molecule has 21 heavy (non-hydrogen) atoms. The molecular weight excluding hydrogens is 285 g/mol. The van der Waals surface area contributed by atoms with Crippen LogP contribution < -0.4 is 10.5 Å². The van der Waals surface area contributed by atoms with Gasteiger partial charge in [-0.1, -0.05) is 5.16 Å². The smallest absolute Gasteiger partial charge is 0.272 e. The highest BCUT2D eigenvalue weighted by molar-refractivity contribution is 5.98. The van der Waals surface area contributed by atoms with E-state index in [4.69, 9.17) is 15.7 Å². The third-order valence-electron chi connectivity index (χ3n) is 2.40. The van der Waals surface area contributed by atoms with Gasteiger partial charge in [-0.2, -0.15) is 5.10 Å². The van der Waals surface area contributed by atoms with Gasteiger partial charge in [-0.3, -0.25) is 10.1 Å². The highest BCUT2D eigenvalue weighted by Gasteiger charge is 2.16. The zero-order valence-electron chi connectivity index (χ0n) is 10.3. The topological polar surface area (TPSA) is 137 Å². The fourth-order valence-corrected chi connectivity index (χ4v) is 1.43. The van der Waals surface area contributed by atoms with Crippen molar-refractivity contribution in [2.24, 2.45) is 10.9 Å². The number of benzene rings is 1. The summed E-state index contributed by atoms with van der Waals surface area (Å²) in [5.74, 6) is -1.78. The molecule has 9 nitrogen and oxygen atoms in total. The van der Waals surface area contributed by atoms with Gasteiger partial charge in [-0.25, -0.2) is 4.39 Å². The minimum Gasteiger partial charge on any atom is -0.434 e. The Morgan fingerprint density at radius 3 is 2.86 bits per heavy atom. The van der Waals surface area contributed by atoms with Crippen LogP contribution in [0.1, 0.15) is 5.56 Å². The van der Waals surface area contributed by atoms with Crippen LogP contribution >= 0.6 is 0 Å². The summed E-state index contributed by atoms with van der Waals surface area (Å²) in [5, 5.41) is 29.1. The van der Waals surface area contributed by atoms with Crippen LogP contribution in [0.15, 0.2) is 35.6 Å². The average Bonchev–Trinajstić information content (AvgIpc) is 2.49. The van der Waals surface area contributed by atoms with Gasteiger partial charge >= 0.3 is 0 Å². The van der Waals surface area contributed by atoms with Crippen LogP contribution in [-0.2, 0) is 0 Å². The van der Waals surface area contributed by atoms with Gasteiger partial charge in [0.05, 0.1) is 22.7 Å². The van der Waals surface area contributed by atoms with E-state index in [1.165, 1.54) is 12.3 Å². The zero-order valence-corrected chi connectivity index (χ0v) is 10.3. The zero-order chi connectivity index (χ0) is 15.4. The molecule has 0 spiro atoms. The largest absolute Gasteiger partial charge is 0.434 e. The number of halogens is 1. The second-order valence-electron chi connectivity index (χ2n) is 3.71. The predicted octanol–water partition coefficient (Wildman–Crippen LogP) is 1.41. The molecule has 0 aliphatic carbocycles. The molecule has 0 atom stereocenters. The number of hydrogen-bond donors (Lipinski definition) is 2. The number of nitrogens with zero attached hydrogens (tertiary/aromatic N) is 4. The molecule has 1 aromatic heterocycles. The molecule has 3 N–H and O–H groups in total. The first-order valence-corrected chi connectivity index (χ1v) is 5.44. The van der Waals surface area contributed by atoms with Gasteiger partial charge in [0.15, 0.2) is 17.4 Å². The van der Waals surface area contributed by atoms with E-state index in [1.54, 1.807) is 0 Å². The fourth-order valence-electron chi connectivity index (χ4n) is 1.43. The normalized spacial score (nSPS) is 11.2. The number of nitrogens with two attached hydrogens (primary N) is 1. The minimum absolute atomic E-state index is 0.0882. The van der Waals surface area contributed by atoms with Crippen LogP contribution in [0, 0.1) is 15.9 Å². The van der Waals surface area contributed by atoms with Crippen molar-refractivity contribution in [3.05, 3.63) is 52.0 Å². The van der Waals surface area contributed by atoms with E-state index in [1.807, 2.05) is 0 Å². The predicted molar refractivity (Wildman–Crippen MR) is 67.7 cm³/mol. The lowest BCUT2D eigenvalue weighted by Gasteiger charge is -2.08. The monoisotopic (exact) mass is 293 g/mol. The summed E-state index contributed by atoms with van der Waals surface area (Å²) < 4.78 is 18.9. The van der Waals surface area contributed by atoms with Crippen molar-refractivity contribution in [2.45, 2.75) is 0 Å². The molecule has 0 amide bonds. The van der Waals surface area contributed by atoms with E-state index in [0.717, 1.165) is 12.1 Å². The van der Waals surface area contributed by atoms with Gasteiger partial charge in [0.2, 0.25) is 5.88 Å². The minimum atomic E-state index is -0.958. The van der Waals surface area contributed by atoms with Crippen molar-refractivity contribution in [2.75, 3.05) is 0 Å². The Balaban J connectivity index is 2.37. The summed E-state index contributed by atoms with van der Waals surface area (Å²) in [6.07, 6.45) is 1.27. The van der Waals surface area contributed by atoms with Gasteiger partial charge in [0, 0.05) is 6.07 Å². The molecule has 0 aliphatic rings. The number of aromatic nitrogens is 2. The number of ether oxygens (including phenoxy) is 1. The second-order valence-corrected chi connectivity index (χ2v) is 3.71. The number of non-ortho nitro benzene ring substituents is 1. The first kappa shape index (κ1) is 14.1. The molecule has 10 heteroatoms. The molecule has 0 saturated carbocycles. The molecule has 0 unspecified atom stereocenters. The molecule has 2 rings (SSSR count). The Kier molecular flexibility index (Phi) is 3.88. The van der Waals surface area contributed by atoms with Gasteiger partial charge < -0.3 is 15.7 Å². The summed E-state index contributed by atoms with van der Waals surface area (Å²) in [4.78, 5) is 9.78. The fraction of sp³-hybridized carbons (Fsp3) is 0. The van der Waals surface area contributed by atoms with Crippen LogP contribution in [-0.4, -0.2) is 26.2 Å². The molecular formula is C11H8FN5O4. The maximum absolute atomic E-state index is 13.7. The van der Waals surface area contributed by atoms with Crippen LogP contribution in [0.4, 0.5) is 10.1 Å². The van der Waals surface area contributed by atoms with E-state index in [0.29, 0.717) is 6.07 Å². The SMILES string of the molecule is N/C(=N/O)c1ccnnc1Oc1ccc([N+](=O)[O-])cc1F. The number of rotatable bonds is 4. The number of nitro benzene ring substituents is 1. The van der Waals surface area contributed by atoms with Crippen molar-refractivity contribution >= 4 is 11.5 Å². The van der Waals surface area contributed by atoms with E-state index < -0.39 is 16.4 Å². The molecule has 0 bridgehead atoms. The number of amidine groups is 1. The second kappa shape index (κ2) is 5.77. The molecule has 1 heterocycles. The maximum Gasteiger partial charge on any atom is 0.272 e. The number of hydrogen-bond acceptors (Lipinski definition) is 7. The molecule has 1 aromatic carbocycles. The summed E-state index contributed by atoms with van der Waals surface area (Å²) in [7, 11) is 0. The Morgan fingerprint density at radius 1 is 1.48 bits per heavy atom. The summed E-state index contributed by atoms with van der Waals surface area (Å²) in [5.41, 5.74) is 5.09. The third kappa shape index (κ3) is 3.00. The van der Waals surface area contributed by atoms with Gasteiger partial charge in [0.25, 0.3) is 5.69 Å². The number of nitro groups is 1. The Labute approximate surface area is 116 Å². The summed E-state index contributed by atoms with van der Waals surface area (Å²) >= 11 is 0. The first-order valence-electron chi connectivity index (χ1n) is 5.44. The summed E-state index contributed by atoms with van der Waals surface area (Å²) in [6, 6.07) is 4.19. The lowest BCUT2D eigenvalue weighted by molar-refractivity contribution is -0.385. The van der Waals surface area contributed by atoms with E-state index in [-0.39, 0.29) is 23.0 Å². The molecule has 108 valence electrons. The summed E-state index contributed by atoms with van der Waals surface area (Å²) in [6.45, 7) is 0. The molecule has 0 aliphatic heterocycles. The Hall–Kier alpha value is -3.30. The number of oxime groups is 1. The molecule has 0 fully saturated rings. The van der Waals surface area contributed by atoms with E-state index in [2.05, 4.69) is 15.4 Å². The van der Waals surface area contributed by atoms with Gasteiger partial charge in [-0.05, 0) is 12.1 Å². The standard InChI is InChI=1S/C11H8FN5O4/c12-8-5-6(17(19)20)1-2-9(8)21-11-7(10(13)16-18)3-4-14-15-11/h1-5,18H,(H2,13,16). The van der Waals surface area contributed by atoms with Crippen molar-refractivity contribution < 1.29 is 19.3 Å². The van der Waals surface area contributed by atoms with Crippen molar-refractivity contribution in [3.8, 4) is 11.6 Å². The van der Waals surface area contributed by atoms with Gasteiger partial charge in [0.1, 0.15) is 0 Å². The van der Waals surface area contributed by atoms with Gasteiger partial charge in [-0.15, -0.1) is 5.10 Å². The van der Waals surface area contributed by atoms with Crippen LogP contribution in [0.5, 0.6) is 11.6 Å². The third-order valence-corrected chi connectivity index (χ3v) is 2.40. The van der Waals surface area contributed by atoms with E-state index in [9.17, 15) is 14.5 Å². The lowest BCUT2D eigenvalue weighted by Crippen LogP contribution is -2.15. The lowest BCUT2D eigenvalue weighted by atomic mass is 10.2. The Bertz CT molecular complexity index is 722. The van der Waals surface area contributed by atoms with Crippen molar-refractivity contribution in [1.29, 1.82) is 0 Å². The average molecular weight is 293 g/mol. The van der Waals surface area contributed by atoms with Crippen molar-refractivity contribution in [1.82, 2.24) is 10.2 Å². The van der Waals surface area contributed by atoms with Crippen molar-refractivity contribution in [3.63, 3.8) is 0 Å². The molecule has 2 aromatic rings. The van der Waals surface area contributed by atoms with E-state index >= 15 is 0 Å².